The lowest BCUT2D eigenvalue weighted by Crippen LogP contribution is -2.54. The van der Waals surface area contributed by atoms with E-state index < -0.39 is 0 Å². The fraction of sp³-hybridized carbons (Fsp3) is 0.889. The summed E-state index contributed by atoms with van der Waals surface area (Å²) in [6.45, 7) is 7.41. The van der Waals surface area contributed by atoms with Gasteiger partial charge in [-0.1, -0.05) is 20.8 Å². The lowest BCUT2D eigenvalue weighted by molar-refractivity contribution is -0.138. The molecule has 1 heterocycles. The second-order valence-corrected chi connectivity index (χ2v) is 2.62. The average molecular weight is 172 g/mol. The molecule has 0 aromatic heterocycles. The molecule has 1 aliphatic rings. The van der Waals surface area contributed by atoms with E-state index in [4.69, 9.17) is 5.73 Å². The maximum atomic E-state index is 11.0. The van der Waals surface area contributed by atoms with Crippen LogP contribution in [0.4, 0.5) is 0 Å². The maximum Gasteiger partial charge on any atom is 0.222 e. The van der Waals surface area contributed by atoms with Crippen molar-refractivity contribution in [3.8, 4) is 0 Å². The molecule has 1 aliphatic heterocycles. The molecular formula is C9H20N2O. The molecule has 3 heteroatoms. The summed E-state index contributed by atoms with van der Waals surface area (Å²) < 4.78 is 0. The summed E-state index contributed by atoms with van der Waals surface area (Å²) in [5, 5.41) is 0. The topological polar surface area (TPSA) is 46.3 Å². The standard InChI is InChI=1S/C7H14N2O.C2H6/c1-2-7(10)9-4-3-6(9)5-8;1-2/h6H,2-5,8H2,1H3;1-2H3. The van der Waals surface area contributed by atoms with Crippen molar-refractivity contribution in [2.45, 2.75) is 39.7 Å². The summed E-state index contributed by atoms with van der Waals surface area (Å²) in [5.41, 5.74) is 5.42. The molecule has 1 amide bonds. The minimum absolute atomic E-state index is 0.238. The van der Waals surface area contributed by atoms with Crippen molar-refractivity contribution in [1.29, 1.82) is 0 Å². The normalized spacial score (nSPS) is 20.7. The summed E-state index contributed by atoms with van der Waals surface area (Å²) in [7, 11) is 0. The molecule has 1 atom stereocenters. The van der Waals surface area contributed by atoms with Crippen molar-refractivity contribution in [3.63, 3.8) is 0 Å². The first-order chi connectivity index (χ1) is 5.79. The van der Waals surface area contributed by atoms with Crippen LogP contribution >= 0.6 is 0 Å². The quantitative estimate of drug-likeness (QED) is 0.675. The third-order valence-electron chi connectivity index (χ3n) is 2.04. The third kappa shape index (κ3) is 2.48. The van der Waals surface area contributed by atoms with Crippen molar-refractivity contribution in [3.05, 3.63) is 0 Å². The molecule has 0 spiro atoms. The Hall–Kier alpha value is -0.570. The minimum Gasteiger partial charge on any atom is -0.338 e. The van der Waals surface area contributed by atoms with Crippen molar-refractivity contribution >= 4 is 5.91 Å². The van der Waals surface area contributed by atoms with Crippen molar-refractivity contribution in [1.82, 2.24) is 4.90 Å². The van der Waals surface area contributed by atoms with E-state index in [2.05, 4.69) is 0 Å². The van der Waals surface area contributed by atoms with Crippen LogP contribution in [-0.4, -0.2) is 29.9 Å². The Morgan fingerprint density at radius 1 is 1.58 bits per heavy atom. The van der Waals surface area contributed by atoms with E-state index in [0.717, 1.165) is 13.0 Å². The largest absolute Gasteiger partial charge is 0.338 e. The Morgan fingerprint density at radius 2 is 2.17 bits per heavy atom. The van der Waals surface area contributed by atoms with Crippen molar-refractivity contribution < 1.29 is 4.79 Å². The van der Waals surface area contributed by atoms with Gasteiger partial charge in [0.25, 0.3) is 0 Å². The highest BCUT2D eigenvalue weighted by Crippen LogP contribution is 2.16. The number of likely N-dealkylation sites (tertiary alicyclic amines) is 1. The Morgan fingerprint density at radius 3 is 2.42 bits per heavy atom. The molecule has 1 unspecified atom stereocenters. The number of amides is 1. The summed E-state index contributed by atoms with van der Waals surface area (Å²) >= 11 is 0. The first kappa shape index (κ1) is 11.4. The molecule has 0 radical (unpaired) electrons. The molecule has 1 fully saturated rings. The monoisotopic (exact) mass is 172 g/mol. The van der Waals surface area contributed by atoms with Gasteiger partial charge in [-0.15, -0.1) is 0 Å². The molecule has 0 aliphatic carbocycles. The molecule has 2 N–H and O–H groups in total. The molecular weight excluding hydrogens is 152 g/mol. The van der Waals surface area contributed by atoms with Crippen molar-refractivity contribution in [2.75, 3.05) is 13.1 Å². The highest BCUT2D eigenvalue weighted by atomic mass is 16.2. The van der Waals surface area contributed by atoms with Crippen LogP contribution in [0.15, 0.2) is 0 Å². The number of carbonyl (C=O) groups excluding carboxylic acids is 1. The number of hydrogen-bond acceptors (Lipinski definition) is 2. The number of carbonyl (C=O) groups is 1. The Labute approximate surface area is 74.9 Å². The summed E-state index contributed by atoms with van der Waals surface area (Å²) in [6.07, 6.45) is 1.69. The van der Waals surface area contributed by atoms with Crippen LogP contribution < -0.4 is 5.73 Å². The van der Waals surface area contributed by atoms with E-state index >= 15 is 0 Å². The van der Waals surface area contributed by atoms with Crippen LogP contribution in [0.1, 0.15) is 33.6 Å². The van der Waals surface area contributed by atoms with E-state index in [0.29, 0.717) is 19.0 Å². The number of nitrogens with zero attached hydrogens (tertiary/aromatic N) is 1. The van der Waals surface area contributed by atoms with Gasteiger partial charge in [0.05, 0.1) is 0 Å². The molecule has 0 bridgehead atoms. The molecule has 12 heavy (non-hydrogen) atoms. The zero-order chi connectivity index (χ0) is 9.56. The average Bonchev–Trinajstić information content (AvgIpc) is 2.07. The van der Waals surface area contributed by atoms with Gasteiger partial charge < -0.3 is 10.6 Å². The minimum atomic E-state index is 0.238. The van der Waals surface area contributed by atoms with E-state index in [9.17, 15) is 4.79 Å². The van der Waals surface area contributed by atoms with Crippen LogP contribution in [0, 0.1) is 0 Å². The third-order valence-corrected chi connectivity index (χ3v) is 2.04. The van der Waals surface area contributed by atoms with Gasteiger partial charge in [0.2, 0.25) is 5.91 Å². The van der Waals surface area contributed by atoms with Gasteiger partial charge in [-0.2, -0.15) is 0 Å². The van der Waals surface area contributed by atoms with Crippen LogP contribution in [0.25, 0.3) is 0 Å². The smallest absolute Gasteiger partial charge is 0.222 e. The van der Waals surface area contributed by atoms with E-state index in [1.54, 1.807) is 0 Å². The van der Waals surface area contributed by atoms with Gasteiger partial charge in [-0.3, -0.25) is 4.79 Å². The van der Waals surface area contributed by atoms with Gasteiger partial charge in [0, 0.05) is 25.6 Å². The lowest BCUT2D eigenvalue weighted by Gasteiger charge is -2.40. The zero-order valence-electron chi connectivity index (χ0n) is 8.34. The molecule has 0 saturated carbocycles. The Bertz CT molecular complexity index is 134. The van der Waals surface area contributed by atoms with E-state index in [1.807, 2.05) is 25.7 Å². The molecule has 1 rings (SSSR count). The van der Waals surface area contributed by atoms with Crippen molar-refractivity contribution in [2.24, 2.45) is 5.73 Å². The molecule has 72 valence electrons. The Kier molecular flexibility index (Phi) is 5.72. The fourth-order valence-corrected chi connectivity index (χ4v) is 1.22. The van der Waals surface area contributed by atoms with Crippen LogP contribution in [-0.2, 0) is 4.79 Å². The SMILES string of the molecule is CC.CCC(=O)N1CCC1CN. The van der Waals surface area contributed by atoms with Crippen LogP contribution in [0.2, 0.25) is 0 Å². The maximum absolute atomic E-state index is 11.0. The van der Waals surface area contributed by atoms with Crippen LogP contribution in [0.5, 0.6) is 0 Å². The summed E-state index contributed by atoms with van der Waals surface area (Å²) in [4.78, 5) is 12.9. The molecule has 0 aromatic carbocycles. The van der Waals surface area contributed by atoms with Gasteiger partial charge in [0.15, 0.2) is 0 Å². The highest BCUT2D eigenvalue weighted by molar-refractivity contribution is 5.77. The second kappa shape index (κ2) is 6.00. The first-order valence-corrected chi connectivity index (χ1v) is 4.79. The second-order valence-electron chi connectivity index (χ2n) is 2.62. The first-order valence-electron chi connectivity index (χ1n) is 4.79. The highest BCUT2D eigenvalue weighted by Gasteiger charge is 2.29. The molecule has 0 aromatic rings. The van der Waals surface area contributed by atoms with Gasteiger partial charge in [-0.05, 0) is 6.42 Å². The number of rotatable bonds is 2. The Balaban J connectivity index is 0.000000561. The zero-order valence-corrected chi connectivity index (χ0v) is 8.34. The van der Waals surface area contributed by atoms with E-state index in [1.165, 1.54) is 0 Å². The summed E-state index contributed by atoms with van der Waals surface area (Å²) in [5.74, 6) is 0.238. The van der Waals surface area contributed by atoms with Crippen LogP contribution in [0.3, 0.4) is 0 Å². The predicted molar refractivity (Wildman–Crippen MR) is 50.8 cm³/mol. The van der Waals surface area contributed by atoms with Gasteiger partial charge in [-0.25, -0.2) is 0 Å². The number of nitrogens with two attached hydrogens (primary N) is 1. The summed E-state index contributed by atoms with van der Waals surface area (Å²) in [6, 6.07) is 0.340. The van der Waals surface area contributed by atoms with Gasteiger partial charge in [0.1, 0.15) is 0 Å². The van der Waals surface area contributed by atoms with Gasteiger partial charge >= 0.3 is 0 Å². The fourth-order valence-electron chi connectivity index (χ4n) is 1.22. The predicted octanol–water partition coefficient (Wildman–Crippen LogP) is 0.982. The molecule has 3 nitrogen and oxygen atoms in total. The lowest BCUT2D eigenvalue weighted by atomic mass is 10.0. The number of hydrogen-bond donors (Lipinski definition) is 1. The van der Waals surface area contributed by atoms with E-state index in [-0.39, 0.29) is 5.91 Å². The molecule has 1 saturated heterocycles.